The Kier molecular flexibility index (Phi) is 14.3. The first kappa shape index (κ1) is 51.7. The molecule has 5 aromatic rings. The van der Waals surface area contributed by atoms with Gasteiger partial charge in [0.2, 0.25) is 21.8 Å². The van der Waals surface area contributed by atoms with Gasteiger partial charge in [0.1, 0.15) is 45.9 Å². The molecule has 0 bridgehead atoms. The number of ether oxygens (including phenoxy) is 2. The molecule has 3 aromatic heterocycles. The van der Waals surface area contributed by atoms with Crippen LogP contribution in [0.3, 0.4) is 0 Å². The SMILES string of the molecule is COc1ccc2c(O[C@@H]3C[C@H]4C(=O)N[C@]5(C(=O)NS(=O)(=O)C6(C)CC6)C[C@@H]5/C=C\CCCCC[C@H](Nc5cccc(C(=O)N6CCN(C(=O)c7ccco7)CC6)c5)C(=O)N4C3)cc(-c3nc(C(C)C)cs3)nc2c1C. The van der Waals surface area contributed by atoms with Gasteiger partial charge in [-0.25, -0.2) is 18.4 Å². The van der Waals surface area contributed by atoms with E-state index in [1.165, 1.54) is 22.5 Å². The smallest absolute Gasteiger partial charge is 0.289 e. The van der Waals surface area contributed by atoms with Gasteiger partial charge in [0.05, 0.1) is 35.9 Å². The quantitative estimate of drug-likeness (QED) is 0.105. The minimum Gasteiger partial charge on any atom is -0.496 e. The molecule has 6 heterocycles. The van der Waals surface area contributed by atoms with E-state index in [4.69, 9.17) is 23.9 Å². The highest BCUT2D eigenvalue weighted by atomic mass is 32.2. The second-order valence-electron chi connectivity index (χ2n) is 21.1. The van der Waals surface area contributed by atoms with Crippen LogP contribution in [-0.4, -0.2) is 131 Å². The summed E-state index contributed by atoms with van der Waals surface area (Å²) in [6.07, 6.45) is 9.01. The molecule has 396 valence electrons. The number of methoxy groups -OCH3 is 1. The van der Waals surface area contributed by atoms with Gasteiger partial charge in [-0.2, -0.15) is 0 Å². The first-order valence-electron chi connectivity index (χ1n) is 25.9. The van der Waals surface area contributed by atoms with Crippen LogP contribution in [-0.2, 0) is 24.4 Å². The van der Waals surface area contributed by atoms with Gasteiger partial charge < -0.3 is 39.2 Å². The zero-order chi connectivity index (χ0) is 52.8. The van der Waals surface area contributed by atoms with E-state index >= 15 is 9.59 Å². The standard InChI is InChI=1S/C55H64N8O10S2/c1-33(2)42-32-74-49(58-42)41-29-46(39-18-19-44(71-5)34(3)47(39)57-41)73-38-28-43-48(64)59-55(53(68)60-75(69,70)54(4)20-21-54)30-36(55)14-9-7-6-8-10-16-40(51(66)63(43)31-38)56-37-15-11-13-35(27-37)50(65)61-22-24-62(25-23-61)52(67)45-17-12-26-72-45/h9,11-15,17-19,26-27,29,32-33,36,38,40,43,56H,6-8,10,16,20-25,28,30-31H2,1-5H3,(H,59,64)(H,60,68)/b14-9-/t36-,38+,40-,43-,55+/m0/s1. The van der Waals surface area contributed by atoms with Crippen molar-refractivity contribution >= 4 is 67.5 Å². The number of anilines is 1. The highest BCUT2D eigenvalue weighted by molar-refractivity contribution is 7.91. The van der Waals surface area contributed by atoms with Crippen molar-refractivity contribution in [2.45, 2.75) is 120 Å². The molecular weight excluding hydrogens is 997 g/mol. The zero-order valence-electron chi connectivity index (χ0n) is 42.9. The number of sulfonamides is 1. The number of aromatic nitrogens is 2. The summed E-state index contributed by atoms with van der Waals surface area (Å²) in [5.74, 6) is -1.12. The molecule has 75 heavy (non-hydrogen) atoms. The predicted molar refractivity (Wildman–Crippen MR) is 283 cm³/mol. The molecule has 2 aromatic carbocycles. The second kappa shape index (κ2) is 20.7. The second-order valence-corrected chi connectivity index (χ2v) is 24.1. The van der Waals surface area contributed by atoms with Crippen molar-refractivity contribution in [2.75, 3.05) is 45.2 Å². The Morgan fingerprint density at radius 1 is 0.947 bits per heavy atom. The first-order chi connectivity index (χ1) is 36.0. The van der Waals surface area contributed by atoms with Crippen LogP contribution in [0.15, 0.2) is 82.8 Å². The highest BCUT2D eigenvalue weighted by Crippen LogP contribution is 2.48. The fraction of sp³-hybridized carbons (Fsp3) is 0.473. The Balaban J connectivity index is 0.953. The third kappa shape index (κ3) is 10.5. The summed E-state index contributed by atoms with van der Waals surface area (Å²) < 4.78 is 46.1. The highest BCUT2D eigenvalue weighted by Gasteiger charge is 2.63. The molecule has 2 aliphatic carbocycles. The molecule has 2 saturated heterocycles. The molecule has 5 amide bonds. The molecule has 5 aliphatic rings. The summed E-state index contributed by atoms with van der Waals surface area (Å²) in [4.78, 5) is 86.4. The van der Waals surface area contributed by atoms with Gasteiger partial charge in [0.25, 0.3) is 17.7 Å². The maximum absolute atomic E-state index is 15.4. The maximum Gasteiger partial charge on any atom is 0.289 e. The number of rotatable bonds is 12. The van der Waals surface area contributed by atoms with Crippen LogP contribution >= 0.6 is 11.3 Å². The first-order valence-corrected chi connectivity index (χ1v) is 28.3. The van der Waals surface area contributed by atoms with Gasteiger partial charge in [-0.15, -0.1) is 11.3 Å². The van der Waals surface area contributed by atoms with E-state index in [1.54, 1.807) is 60.2 Å². The fourth-order valence-corrected chi connectivity index (χ4v) is 12.6. The van der Waals surface area contributed by atoms with Crippen LogP contribution < -0.4 is 24.8 Å². The van der Waals surface area contributed by atoms with Crippen molar-refractivity contribution in [3.63, 3.8) is 0 Å². The van der Waals surface area contributed by atoms with Crippen molar-refractivity contribution in [1.82, 2.24) is 34.7 Å². The fourth-order valence-electron chi connectivity index (χ4n) is 10.4. The van der Waals surface area contributed by atoms with Gasteiger partial charge in [-0.3, -0.25) is 28.7 Å². The summed E-state index contributed by atoms with van der Waals surface area (Å²) in [5, 5.41) is 9.86. The number of carbonyl (C=O) groups excluding carboxylic acids is 5. The molecule has 18 nitrogen and oxygen atoms in total. The summed E-state index contributed by atoms with van der Waals surface area (Å²) in [5.41, 5.74) is 2.35. The lowest BCUT2D eigenvalue weighted by atomic mass is 10.0. The van der Waals surface area contributed by atoms with Crippen molar-refractivity contribution < 1.29 is 46.3 Å². The van der Waals surface area contributed by atoms with Crippen LogP contribution in [0.2, 0.25) is 0 Å². The number of piperazine rings is 1. The average molecular weight is 1060 g/mol. The van der Waals surface area contributed by atoms with E-state index in [0.29, 0.717) is 103 Å². The third-order valence-corrected chi connectivity index (χ3v) is 18.5. The van der Waals surface area contributed by atoms with E-state index in [2.05, 4.69) is 29.2 Å². The Bertz CT molecular complexity index is 3160. The maximum atomic E-state index is 15.4. The van der Waals surface area contributed by atoms with Crippen LogP contribution in [0.1, 0.15) is 117 Å². The number of pyridine rings is 1. The number of nitrogens with zero attached hydrogens (tertiary/aromatic N) is 5. The zero-order valence-corrected chi connectivity index (χ0v) is 44.6. The number of benzene rings is 2. The Labute approximate surface area is 440 Å². The Hall–Kier alpha value is -6.80. The molecule has 4 fully saturated rings. The van der Waals surface area contributed by atoms with Gasteiger partial charge >= 0.3 is 0 Å². The third-order valence-electron chi connectivity index (χ3n) is 15.5. The van der Waals surface area contributed by atoms with E-state index in [0.717, 1.165) is 24.1 Å². The Morgan fingerprint density at radius 3 is 2.43 bits per heavy atom. The van der Waals surface area contributed by atoms with Crippen LogP contribution in [0.4, 0.5) is 5.69 Å². The largest absolute Gasteiger partial charge is 0.496 e. The number of hydrogen-bond donors (Lipinski definition) is 3. The predicted octanol–water partition coefficient (Wildman–Crippen LogP) is 7.21. The number of aryl methyl sites for hydroxylation is 1. The lowest BCUT2D eigenvalue weighted by Gasteiger charge is -2.34. The number of thiazole rings is 1. The summed E-state index contributed by atoms with van der Waals surface area (Å²) in [6.45, 7) is 9.02. The van der Waals surface area contributed by atoms with Crippen LogP contribution in [0.5, 0.6) is 11.5 Å². The van der Waals surface area contributed by atoms with Gasteiger partial charge in [-0.1, -0.05) is 44.9 Å². The van der Waals surface area contributed by atoms with Crippen molar-refractivity contribution in [2.24, 2.45) is 5.92 Å². The van der Waals surface area contributed by atoms with E-state index in [1.807, 2.05) is 42.7 Å². The molecular formula is C55H64N8O10S2. The average Bonchev–Trinajstić information content (AvgIpc) is 4.02. The molecule has 20 heteroatoms. The van der Waals surface area contributed by atoms with Crippen molar-refractivity contribution in [3.05, 3.63) is 101 Å². The van der Waals surface area contributed by atoms with Gasteiger partial charge in [-0.05, 0) is 101 Å². The van der Waals surface area contributed by atoms with Gasteiger partial charge in [0, 0.05) is 72.2 Å². The normalized spacial score (nSPS) is 24.3. The number of nitrogens with one attached hydrogen (secondary N) is 3. The molecule has 3 N–H and O–H groups in total. The number of amides is 5. The van der Waals surface area contributed by atoms with E-state index in [-0.39, 0.29) is 48.8 Å². The van der Waals surface area contributed by atoms with E-state index < -0.39 is 56.2 Å². The monoisotopic (exact) mass is 1060 g/mol. The molecule has 10 rings (SSSR count). The molecule has 0 unspecified atom stereocenters. The molecule has 0 radical (unpaired) electrons. The van der Waals surface area contributed by atoms with Gasteiger partial charge in [0.15, 0.2) is 5.76 Å². The summed E-state index contributed by atoms with van der Waals surface area (Å²) in [7, 11) is -2.44. The topological polar surface area (TPSA) is 223 Å². The van der Waals surface area contributed by atoms with Crippen LogP contribution in [0.25, 0.3) is 21.6 Å². The number of hydrogen-bond acceptors (Lipinski definition) is 14. The van der Waals surface area contributed by atoms with E-state index in [9.17, 15) is 22.8 Å². The van der Waals surface area contributed by atoms with Crippen molar-refractivity contribution in [3.8, 4) is 22.2 Å². The summed E-state index contributed by atoms with van der Waals surface area (Å²) in [6, 6.07) is 13.9. The molecule has 0 spiro atoms. The lowest BCUT2D eigenvalue weighted by Crippen LogP contribution is -2.58. The molecule has 3 aliphatic heterocycles. The number of furan rings is 1. The molecule has 5 atom stereocenters. The van der Waals surface area contributed by atoms with Crippen LogP contribution in [0, 0.1) is 12.8 Å². The molecule has 2 saturated carbocycles. The number of allylic oxidation sites excluding steroid dienone is 1. The number of carbonyl (C=O) groups is 5. The summed E-state index contributed by atoms with van der Waals surface area (Å²) >= 11 is 1.48. The number of fused-ring (bicyclic) bond motifs is 3. The minimum absolute atomic E-state index is 0.000323. The lowest BCUT2D eigenvalue weighted by molar-refractivity contribution is -0.140. The van der Waals surface area contributed by atoms with Crippen molar-refractivity contribution in [1.29, 1.82) is 0 Å². The minimum atomic E-state index is -4.04. The Morgan fingerprint density at radius 2 is 1.72 bits per heavy atom.